The molecule has 0 spiro atoms. The van der Waals surface area contributed by atoms with Gasteiger partial charge in [0.2, 0.25) is 0 Å². The molecule has 7 nitrogen and oxygen atoms in total. The number of anilines is 2. The van der Waals surface area contributed by atoms with E-state index in [0.29, 0.717) is 11.6 Å². The summed E-state index contributed by atoms with van der Waals surface area (Å²) in [5, 5.41) is 26.6. The number of nitro groups is 1. The Balaban J connectivity index is 2.09. The standard InChI is InChI=1S/C14H16N4O3/c1-15-13-7-11(18(20)21)8-14(17-13)16-9-12(19)10-5-3-2-4-6-10/h2-8,12,19H,9H2,1H3,(H2,15,16,17). The van der Waals surface area contributed by atoms with Crippen LogP contribution in [0.1, 0.15) is 11.7 Å². The lowest BCUT2D eigenvalue weighted by atomic mass is 10.1. The molecule has 1 atom stereocenters. The second-order valence-corrected chi connectivity index (χ2v) is 4.41. The summed E-state index contributed by atoms with van der Waals surface area (Å²) in [7, 11) is 1.63. The number of aromatic nitrogens is 1. The number of rotatable bonds is 6. The van der Waals surface area contributed by atoms with Gasteiger partial charge in [-0.05, 0) is 5.56 Å². The van der Waals surface area contributed by atoms with Gasteiger partial charge in [-0.2, -0.15) is 0 Å². The van der Waals surface area contributed by atoms with Crippen molar-refractivity contribution in [2.75, 3.05) is 24.2 Å². The maximum Gasteiger partial charge on any atom is 0.276 e. The van der Waals surface area contributed by atoms with Crippen LogP contribution in [-0.2, 0) is 0 Å². The molecule has 0 bridgehead atoms. The van der Waals surface area contributed by atoms with Gasteiger partial charge in [0.05, 0.1) is 23.2 Å². The molecule has 0 fully saturated rings. The van der Waals surface area contributed by atoms with Crippen LogP contribution in [0.4, 0.5) is 17.3 Å². The smallest absolute Gasteiger partial charge is 0.276 e. The molecule has 0 saturated carbocycles. The van der Waals surface area contributed by atoms with Crippen molar-refractivity contribution < 1.29 is 10.0 Å². The fraction of sp³-hybridized carbons (Fsp3) is 0.214. The molecule has 21 heavy (non-hydrogen) atoms. The summed E-state index contributed by atoms with van der Waals surface area (Å²) >= 11 is 0. The molecule has 110 valence electrons. The van der Waals surface area contributed by atoms with Crippen LogP contribution in [0.2, 0.25) is 0 Å². The van der Waals surface area contributed by atoms with Crippen molar-refractivity contribution in [1.29, 1.82) is 0 Å². The summed E-state index contributed by atoms with van der Waals surface area (Å²) in [6, 6.07) is 11.8. The van der Waals surface area contributed by atoms with E-state index in [2.05, 4.69) is 15.6 Å². The van der Waals surface area contributed by atoms with Gasteiger partial charge in [-0.3, -0.25) is 10.1 Å². The average molecular weight is 288 g/mol. The zero-order chi connectivity index (χ0) is 15.2. The van der Waals surface area contributed by atoms with Crippen molar-refractivity contribution >= 4 is 17.3 Å². The Labute approximate surface area is 121 Å². The first-order valence-electron chi connectivity index (χ1n) is 6.41. The third kappa shape index (κ3) is 3.90. The molecule has 1 aromatic carbocycles. The number of nitrogens with zero attached hydrogens (tertiary/aromatic N) is 2. The minimum Gasteiger partial charge on any atom is -0.387 e. The van der Waals surface area contributed by atoms with Gasteiger partial charge >= 0.3 is 0 Å². The molecule has 0 aliphatic carbocycles. The topological polar surface area (TPSA) is 100 Å². The summed E-state index contributed by atoms with van der Waals surface area (Å²) in [6.07, 6.45) is -0.717. The lowest BCUT2D eigenvalue weighted by Crippen LogP contribution is -2.13. The van der Waals surface area contributed by atoms with Crippen molar-refractivity contribution in [3.8, 4) is 0 Å². The van der Waals surface area contributed by atoms with Gasteiger partial charge in [-0.15, -0.1) is 0 Å². The Hall–Kier alpha value is -2.67. The number of hydrogen-bond donors (Lipinski definition) is 3. The summed E-state index contributed by atoms with van der Waals surface area (Å²) in [6.45, 7) is 0.210. The Morgan fingerprint density at radius 2 is 1.95 bits per heavy atom. The molecular formula is C14H16N4O3. The molecular weight excluding hydrogens is 272 g/mol. The highest BCUT2D eigenvalue weighted by atomic mass is 16.6. The number of aliphatic hydroxyl groups excluding tert-OH is 1. The first-order valence-corrected chi connectivity index (χ1v) is 6.41. The van der Waals surface area contributed by atoms with Gasteiger partial charge < -0.3 is 15.7 Å². The van der Waals surface area contributed by atoms with Crippen LogP contribution < -0.4 is 10.6 Å². The van der Waals surface area contributed by atoms with E-state index < -0.39 is 11.0 Å². The molecule has 0 radical (unpaired) electrons. The summed E-state index contributed by atoms with van der Waals surface area (Å²) in [5.41, 5.74) is 0.704. The lowest BCUT2D eigenvalue weighted by Gasteiger charge is -2.13. The van der Waals surface area contributed by atoms with Crippen LogP contribution >= 0.6 is 0 Å². The fourth-order valence-electron chi connectivity index (χ4n) is 1.83. The molecule has 2 aromatic rings. The molecule has 3 N–H and O–H groups in total. The van der Waals surface area contributed by atoms with Gasteiger partial charge in [0, 0.05) is 13.6 Å². The Morgan fingerprint density at radius 1 is 1.29 bits per heavy atom. The molecule has 2 rings (SSSR count). The first kappa shape index (κ1) is 14.7. The Morgan fingerprint density at radius 3 is 2.57 bits per heavy atom. The molecule has 0 saturated heterocycles. The minimum atomic E-state index is -0.717. The Bertz CT molecular complexity index is 619. The zero-order valence-electron chi connectivity index (χ0n) is 11.5. The fourth-order valence-corrected chi connectivity index (χ4v) is 1.83. The predicted octanol–water partition coefficient (Wildman–Crippen LogP) is 2.18. The maximum atomic E-state index is 10.9. The largest absolute Gasteiger partial charge is 0.387 e. The van der Waals surface area contributed by atoms with Crippen molar-refractivity contribution in [3.05, 3.63) is 58.1 Å². The first-order chi connectivity index (χ1) is 10.1. The maximum absolute atomic E-state index is 10.9. The second-order valence-electron chi connectivity index (χ2n) is 4.41. The number of benzene rings is 1. The van der Waals surface area contributed by atoms with Crippen molar-refractivity contribution in [2.45, 2.75) is 6.10 Å². The third-order valence-electron chi connectivity index (χ3n) is 2.94. The molecule has 0 amide bonds. The Kier molecular flexibility index (Phi) is 4.68. The van der Waals surface area contributed by atoms with Gasteiger partial charge in [-0.1, -0.05) is 30.3 Å². The van der Waals surface area contributed by atoms with E-state index >= 15 is 0 Å². The van der Waals surface area contributed by atoms with Crippen molar-refractivity contribution in [2.24, 2.45) is 0 Å². The van der Waals surface area contributed by atoms with E-state index in [1.54, 1.807) is 7.05 Å². The van der Waals surface area contributed by atoms with Gasteiger partial charge in [0.1, 0.15) is 11.6 Å². The highest BCUT2D eigenvalue weighted by Gasteiger charge is 2.12. The predicted molar refractivity (Wildman–Crippen MR) is 80.3 cm³/mol. The molecule has 0 aliphatic rings. The van der Waals surface area contributed by atoms with E-state index in [1.807, 2.05) is 30.3 Å². The third-order valence-corrected chi connectivity index (χ3v) is 2.94. The SMILES string of the molecule is CNc1cc([N+](=O)[O-])cc(NCC(O)c2ccccc2)n1. The highest BCUT2D eigenvalue weighted by Crippen LogP contribution is 2.21. The van der Waals surface area contributed by atoms with E-state index in [9.17, 15) is 15.2 Å². The van der Waals surface area contributed by atoms with Gasteiger partial charge in [0.15, 0.2) is 0 Å². The summed E-state index contributed by atoms with van der Waals surface area (Å²) < 4.78 is 0. The van der Waals surface area contributed by atoms with Crippen LogP contribution in [0.3, 0.4) is 0 Å². The number of nitrogens with one attached hydrogen (secondary N) is 2. The van der Waals surface area contributed by atoms with Crippen LogP contribution in [0.5, 0.6) is 0 Å². The van der Waals surface area contributed by atoms with E-state index in [-0.39, 0.29) is 12.2 Å². The van der Waals surface area contributed by atoms with E-state index in [1.165, 1.54) is 12.1 Å². The van der Waals surface area contributed by atoms with Gasteiger partial charge in [-0.25, -0.2) is 4.98 Å². The minimum absolute atomic E-state index is 0.0638. The van der Waals surface area contributed by atoms with Crippen LogP contribution in [0.15, 0.2) is 42.5 Å². The zero-order valence-corrected chi connectivity index (χ0v) is 11.5. The monoisotopic (exact) mass is 288 g/mol. The van der Waals surface area contributed by atoms with E-state index in [4.69, 9.17) is 0 Å². The van der Waals surface area contributed by atoms with Gasteiger partial charge in [0.25, 0.3) is 5.69 Å². The summed E-state index contributed by atoms with van der Waals surface area (Å²) in [4.78, 5) is 14.5. The summed E-state index contributed by atoms with van der Waals surface area (Å²) in [5.74, 6) is 0.726. The highest BCUT2D eigenvalue weighted by molar-refractivity contribution is 5.54. The number of hydrogen-bond acceptors (Lipinski definition) is 6. The molecule has 7 heteroatoms. The lowest BCUT2D eigenvalue weighted by molar-refractivity contribution is -0.384. The van der Waals surface area contributed by atoms with Crippen LogP contribution in [0, 0.1) is 10.1 Å². The molecule has 1 unspecified atom stereocenters. The van der Waals surface area contributed by atoms with E-state index in [0.717, 1.165) is 5.56 Å². The number of pyridine rings is 1. The second kappa shape index (κ2) is 6.67. The van der Waals surface area contributed by atoms with Crippen LogP contribution in [0.25, 0.3) is 0 Å². The molecule has 1 heterocycles. The number of aliphatic hydroxyl groups is 1. The average Bonchev–Trinajstić information content (AvgIpc) is 2.53. The van der Waals surface area contributed by atoms with Crippen LogP contribution in [-0.4, -0.2) is 28.6 Å². The molecule has 1 aromatic heterocycles. The van der Waals surface area contributed by atoms with Crippen molar-refractivity contribution in [1.82, 2.24) is 4.98 Å². The normalized spacial score (nSPS) is 11.7. The quantitative estimate of drug-likeness (QED) is 0.556. The van der Waals surface area contributed by atoms with Crippen molar-refractivity contribution in [3.63, 3.8) is 0 Å². The molecule has 0 aliphatic heterocycles.